The van der Waals surface area contributed by atoms with Crippen molar-refractivity contribution in [1.29, 1.82) is 0 Å². The molecule has 8 heteroatoms. The second kappa shape index (κ2) is 5.36. The molecule has 118 valence electrons. The number of nitrogens with one attached hydrogen (secondary N) is 1. The molecule has 0 radical (unpaired) electrons. The first kappa shape index (κ1) is 14.2. The Morgan fingerprint density at radius 1 is 1.13 bits per heavy atom. The molecule has 2 saturated heterocycles. The van der Waals surface area contributed by atoms with Crippen LogP contribution in [-0.4, -0.2) is 46.3 Å². The van der Waals surface area contributed by atoms with Crippen molar-refractivity contribution in [3.8, 4) is 0 Å². The molecular weight excluding hydrogens is 318 g/mol. The third-order valence-electron chi connectivity index (χ3n) is 4.43. The number of nitrogens with zero attached hydrogens (tertiary/aromatic N) is 4. The van der Waals surface area contributed by atoms with Gasteiger partial charge in [-0.05, 0) is 24.3 Å². The molecule has 23 heavy (non-hydrogen) atoms. The lowest BCUT2D eigenvalue weighted by atomic mass is 9.85. The minimum atomic E-state index is -0.615. The van der Waals surface area contributed by atoms with E-state index in [1.807, 2.05) is 24.3 Å². The summed E-state index contributed by atoms with van der Waals surface area (Å²) >= 11 is 5.92. The molecule has 3 heterocycles. The normalized spacial score (nSPS) is 22.0. The molecule has 1 amide bonds. The molecule has 1 aromatic carbocycles. The van der Waals surface area contributed by atoms with E-state index in [0.717, 1.165) is 18.1 Å². The molecule has 2 unspecified atom stereocenters. The molecule has 2 atom stereocenters. The van der Waals surface area contributed by atoms with Crippen molar-refractivity contribution in [2.45, 2.75) is 12.1 Å². The number of rotatable bonds is 3. The minimum absolute atomic E-state index is 0.227. The zero-order valence-corrected chi connectivity index (χ0v) is 12.8. The molecule has 0 aliphatic carbocycles. The van der Waals surface area contributed by atoms with Crippen LogP contribution < -0.4 is 15.3 Å². The predicted molar refractivity (Wildman–Crippen MR) is 85.0 cm³/mol. The molecule has 7 nitrogen and oxygen atoms in total. The lowest BCUT2D eigenvalue weighted by Crippen LogP contribution is -2.79. The first-order valence-corrected chi connectivity index (χ1v) is 7.60. The maximum atomic E-state index is 11.3. The van der Waals surface area contributed by atoms with Crippen molar-refractivity contribution >= 4 is 29.1 Å². The Balaban J connectivity index is 1.42. The molecule has 2 N–H and O–H groups in total. The molecular formula is C15H14ClN5O2. The van der Waals surface area contributed by atoms with Gasteiger partial charge in [-0.2, -0.15) is 0 Å². The van der Waals surface area contributed by atoms with Gasteiger partial charge in [-0.15, -0.1) is 0 Å². The van der Waals surface area contributed by atoms with Crippen LogP contribution in [0.15, 0.2) is 36.7 Å². The van der Waals surface area contributed by atoms with Crippen LogP contribution in [0.5, 0.6) is 0 Å². The summed E-state index contributed by atoms with van der Waals surface area (Å²) in [6.45, 7) is 1.76. The zero-order valence-electron chi connectivity index (χ0n) is 12.1. The Labute approximate surface area is 137 Å². The van der Waals surface area contributed by atoms with Gasteiger partial charge in [0.2, 0.25) is 5.95 Å². The van der Waals surface area contributed by atoms with E-state index in [4.69, 9.17) is 16.8 Å². The number of hydrogen-bond acceptors (Lipinski definition) is 6. The van der Waals surface area contributed by atoms with E-state index in [0.29, 0.717) is 18.0 Å². The standard InChI is InChI=1S/C15H14ClN5O2/c16-10-1-3-11(4-2-10)20-7-13-12(20)8-21(13)15-17-5-9(6-18-15)14(22)19-23/h1-6,12-13,23H,7-8H2,(H,19,22). The second-order valence-electron chi connectivity index (χ2n) is 5.63. The van der Waals surface area contributed by atoms with Crippen LogP contribution in [0.25, 0.3) is 0 Å². The van der Waals surface area contributed by atoms with Gasteiger partial charge >= 0.3 is 0 Å². The van der Waals surface area contributed by atoms with Gasteiger partial charge in [-0.1, -0.05) is 11.6 Å². The van der Waals surface area contributed by atoms with Gasteiger partial charge in [0.05, 0.1) is 17.6 Å². The molecule has 4 rings (SSSR count). The van der Waals surface area contributed by atoms with Crippen LogP contribution in [0.4, 0.5) is 11.6 Å². The summed E-state index contributed by atoms with van der Waals surface area (Å²) in [4.78, 5) is 24.1. The molecule has 2 aromatic rings. The van der Waals surface area contributed by atoms with Crippen LogP contribution in [0.1, 0.15) is 10.4 Å². The second-order valence-corrected chi connectivity index (χ2v) is 6.06. The molecule has 2 aliphatic heterocycles. The van der Waals surface area contributed by atoms with Crippen LogP contribution >= 0.6 is 11.6 Å². The summed E-state index contributed by atoms with van der Waals surface area (Å²) in [5.41, 5.74) is 2.96. The number of amides is 1. The fraction of sp³-hybridized carbons (Fsp3) is 0.267. The predicted octanol–water partition coefficient (Wildman–Crippen LogP) is 1.33. The van der Waals surface area contributed by atoms with E-state index in [9.17, 15) is 4.79 Å². The highest BCUT2D eigenvalue weighted by atomic mass is 35.5. The third-order valence-corrected chi connectivity index (χ3v) is 4.68. The highest BCUT2D eigenvalue weighted by Crippen LogP contribution is 2.39. The van der Waals surface area contributed by atoms with Crippen molar-refractivity contribution in [1.82, 2.24) is 15.4 Å². The number of benzene rings is 1. The van der Waals surface area contributed by atoms with E-state index in [-0.39, 0.29) is 5.56 Å². The Hall–Kier alpha value is -2.38. The number of piperazine rings is 1. The summed E-state index contributed by atoms with van der Waals surface area (Å²) in [6, 6.07) is 8.70. The van der Waals surface area contributed by atoms with Crippen LogP contribution in [0.2, 0.25) is 5.02 Å². The van der Waals surface area contributed by atoms with Gasteiger partial charge in [-0.25, -0.2) is 15.4 Å². The van der Waals surface area contributed by atoms with Gasteiger partial charge in [0.25, 0.3) is 5.91 Å². The summed E-state index contributed by atoms with van der Waals surface area (Å²) in [5, 5.41) is 9.32. The Morgan fingerprint density at radius 2 is 1.74 bits per heavy atom. The number of aromatic nitrogens is 2. The number of anilines is 2. The minimum Gasteiger partial charge on any atom is -0.362 e. The van der Waals surface area contributed by atoms with Crippen LogP contribution in [0.3, 0.4) is 0 Å². The molecule has 2 fully saturated rings. The maximum absolute atomic E-state index is 11.3. The summed E-state index contributed by atoms with van der Waals surface area (Å²) < 4.78 is 0. The lowest BCUT2D eigenvalue weighted by Gasteiger charge is -2.62. The average molecular weight is 332 g/mol. The van der Waals surface area contributed by atoms with E-state index < -0.39 is 5.91 Å². The van der Waals surface area contributed by atoms with Crippen molar-refractivity contribution < 1.29 is 10.0 Å². The molecule has 0 bridgehead atoms. The summed E-state index contributed by atoms with van der Waals surface area (Å²) in [7, 11) is 0. The largest absolute Gasteiger partial charge is 0.362 e. The number of fused-ring (bicyclic) bond motifs is 1. The van der Waals surface area contributed by atoms with Crippen molar-refractivity contribution in [3.63, 3.8) is 0 Å². The highest BCUT2D eigenvalue weighted by molar-refractivity contribution is 6.30. The molecule has 0 saturated carbocycles. The number of carbonyl (C=O) groups is 1. The number of halogens is 1. The number of hydroxylamine groups is 1. The van der Waals surface area contributed by atoms with Crippen LogP contribution in [-0.2, 0) is 0 Å². The molecule has 2 aliphatic rings. The first-order chi connectivity index (χ1) is 11.2. The third kappa shape index (κ3) is 2.29. The molecule has 0 spiro atoms. The summed E-state index contributed by atoms with van der Waals surface area (Å²) in [6.07, 6.45) is 2.83. The number of carbonyl (C=O) groups excluding carboxylic acids is 1. The van der Waals surface area contributed by atoms with E-state index >= 15 is 0 Å². The fourth-order valence-electron chi connectivity index (χ4n) is 3.06. The Morgan fingerprint density at radius 3 is 2.30 bits per heavy atom. The Bertz CT molecular complexity index is 737. The SMILES string of the molecule is O=C(NO)c1cnc(N2CC3C2CN3c2ccc(Cl)cc2)nc1. The van der Waals surface area contributed by atoms with Gasteiger partial charge < -0.3 is 9.80 Å². The monoisotopic (exact) mass is 331 g/mol. The van der Waals surface area contributed by atoms with Gasteiger partial charge in [0.15, 0.2) is 0 Å². The number of hydrogen-bond donors (Lipinski definition) is 2. The van der Waals surface area contributed by atoms with Gasteiger partial charge in [-0.3, -0.25) is 10.0 Å². The van der Waals surface area contributed by atoms with E-state index in [1.165, 1.54) is 18.1 Å². The zero-order chi connectivity index (χ0) is 16.0. The van der Waals surface area contributed by atoms with E-state index in [2.05, 4.69) is 19.8 Å². The first-order valence-electron chi connectivity index (χ1n) is 7.22. The van der Waals surface area contributed by atoms with Crippen molar-refractivity contribution in [2.24, 2.45) is 0 Å². The van der Waals surface area contributed by atoms with Crippen molar-refractivity contribution in [3.05, 3.63) is 47.2 Å². The topological polar surface area (TPSA) is 81.6 Å². The molecule has 1 aromatic heterocycles. The highest BCUT2D eigenvalue weighted by Gasteiger charge is 2.52. The van der Waals surface area contributed by atoms with Crippen LogP contribution in [0, 0.1) is 0 Å². The quantitative estimate of drug-likeness (QED) is 0.652. The lowest BCUT2D eigenvalue weighted by molar-refractivity contribution is 0.0705. The fourth-order valence-corrected chi connectivity index (χ4v) is 3.19. The van der Waals surface area contributed by atoms with E-state index in [1.54, 1.807) is 5.48 Å². The van der Waals surface area contributed by atoms with Crippen molar-refractivity contribution in [2.75, 3.05) is 22.9 Å². The van der Waals surface area contributed by atoms with Gasteiger partial charge in [0, 0.05) is 36.2 Å². The Kier molecular flexibility index (Phi) is 3.32. The summed E-state index contributed by atoms with van der Waals surface area (Å²) in [5.74, 6) is -0.00732. The smallest absolute Gasteiger partial charge is 0.277 e. The average Bonchev–Trinajstić information content (AvgIpc) is 2.57. The maximum Gasteiger partial charge on any atom is 0.277 e. The van der Waals surface area contributed by atoms with Gasteiger partial charge in [0.1, 0.15) is 0 Å².